The van der Waals surface area contributed by atoms with Crippen molar-refractivity contribution in [2.45, 2.75) is 18.6 Å². The van der Waals surface area contributed by atoms with Gasteiger partial charge in [-0.3, -0.25) is 0 Å². The maximum Gasteiger partial charge on any atom is 2.00 e. The van der Waals surface area contributed by atoms with Crippen LogP contribution in [0.4, 0.5) is 0 Å². The summed E-state index contributed by atoms with van der Waals surface area (Å²) in [6.07, 6.45) is -1.61. The van der Waals surface area contributed by atoms with E-state index in [2.05, 4.69) is 45.7 Å². The molecule has 116 valence electrons. The van der Waals surface area contributed by atoms with Gasteiger partial charge < -0.3 is 52.0 Å². The fourth-order valence-corrected chi connectivity index (χ4v) is 0.945. The van der Waals surface area contributed by atoms with Crippen molar-refractivity contribution in [2.75, 3.05) is 6.61 Å². The molecule has 0 amide bonds. The Kier molecular flexibility index (Phi) is 13.0. The van der Waals surface area contributed by atoms with E-state index in [9.17, 15) is 10.2 Å². The van der Waals surface area contributed by atoms with Gasteiger partial charge in [0.15, 0.2) is 0 Å². The minimum Gasteiger partial charge on any atom is -0.741 e. The minimum absolute atomic E-state index is 0. The first-order valence-corrected chi connectivity index (χ1v) is 5.76. The van der Waals surface area contributed by atoms with Gasteiger partial charge in [0.2, 0.25) is 0 Å². The predicted octanol–water partition coefficient (Wildman–Crippen LogP) is -2.85. The third-order valence-corrected chi connectivity index (χ3v) is 1.85. The van der Waals surface area contributed by atoms with E-state index >= 15 is 0 Å². The Morgan fingerprint density at radius 3 is 2.05 bits per heavy atom. The quantitative estimate of drug-likeness (QED) is 0.0988. The van der Waals surface area contributed by atoms with Gasteiger partial charge in [-0.1, -0.05) is 0 Å². The van der Waals surface area contributed by atoms with Crippen LogP contribution in [0.3, 0.4) is 0 Å². The van der Waals surface area contributed by atoms with Crippen LogP contribution >= 0.6 is 0 Å². The molecule has 20 heavy (non-hydrogen) atoms. The van der Waals surface area contributed by atoms with Gasteiger partial charge in [-0.05, 0) is 10.3 Å². The molecule has 0 radical (unpaired) electrons. The molecule has 0 unspecified atom stereocenters. The molecule has 0 aliphatic carbocycles. The summed E-state index contributed by atoms with van der Waals surface area (Å²) in [6.45, 7) is -0.602. The molecule has 0 aliphatic rings. The van der Waals surface area contributed by atoms with E-state index in [0.29, 0.717) is 0 Å². The average molecular weight is 413 g/mol. The molecule has 0 saturated heterocycles. The summed E-state index contributed by atoms with van der Waals surface area (Å²) < 4.78 is 0. The first-order valence-electron chi connectivity index (χ1n) is 4.94. The van der Waals surface area contributed by atoms with E-state index in [-0.39, 0.29) is 42.9 Å². The monoisotopic (exact) mass is 412 g/mol. The number of amidine groups is 2. The molecule has 0 aromatic carbocycles. The summed E-state index contributed by atoms with van der Waals surface area (Å²) >= 11 is 8.97. The van der Waals surface area contributed by atoms with Crippen molar-refractivity contribution in [2.24, 2.45) is 31.9 Å². The van der Waals surface area contributed by atoms with Gasteiger partial charge in [0.25, 0.3) is 0 Å². The first kappa shape index (κ1) is 21.6. The smallest absolute Gasteiger partial charge is 0.741 e. The van der Waals surface area contributed by atoms with Gasteiger partial charge in [-0.25, -0.2) is 0 Å². The van der Waals surface area contributed by atoms with Crippen LogP contribution in [0.1, 0.15) is 6.42 Å². The van der Waals surface area contributed by atoms with E-state index < -0.39 is 18.8 Å². The molecule has 0 bridgehead atoms. The van der Waals surface area contributed by atoms with E-state index in [4.69, 9.17) is 16.6 Å². The van der Waals surface area contributed by atoms with Crippen LogP contribution in [0.5, 0.6) is 0 Å². The summed E-state index contributed by atoms with van der Waals surface area (Å²) in [5.41, 5.74) is 10.3. The molecule has 0 aliphatic heterocycles. The Morgan fingerprint density at radius 2 is 1.60 bits per heavy atom. The standard InChI is InChI=1S/C8H16N6O3S2.Pd/c9-7(18)13-11-2-4(12-14-8(10)19)1-5(16)6(17)3-15;/h2,5-6,15-17H,1,3H2,(H3,9,13,18)(H3,10,14,19);/q;+2/p-2/b11-2+,12-4+;/t5-,6+;/m0./s1. The van der Waals surface area contributed by atoms with Gasteiger partial charge in [-0.2, -0.15) is 20.4 Å². The Hall–Kier alpha value is -0.738. The van der Waals surface area contributed by atoms with Crippen molar-refractivity contribution in [1.29, 1.82) is 0 Å². The maximum atomic E-state index is 9.52. The fourth-order valence-electron chi connectivity index (χ4n) is 0.857. The molecular formula is C8H14N6O3PdS2. The molecule has 9 nitrogen and oxygen atoms in total. The molecule has 0 aromatic heterocycles. The number of nitrogens with zero attached hydrogens (tertiary/aromatic N) is 4. The van der Waals surface area contributed by atoms with Gasteiger partial charge >= 0.3 is 20.4 Å². The Labute approximate surface area is 140 Å². The van der Waals surface area contributed by atoms with Crippen molar-refractivity contribution in [3.63, 3.8) is 0 Å². The van der Waals surface area contributed by atoms with E-state index in [1.54, 1.807) is 0 Å². The largest absolute Gasteiger partial charge is 2.00 e. The van der Waals surface area contributed by atoms with Crippen LogP contribution in [0.25, 0.3) is 0 Å². The van der Waals surface area contributed by atoms with E-state index in [0.717, 1.165) is 6.21 Å². The summed E-state index contributed by atoms with van der Waals surface area (Å²) in [5.74, 6) is 0. The minimum atomic E-state index is -1.32. The molecule has 0 aromatic rings. The number of aliphatic hydroxyl groups excluding tert-OH is 3. The number of hydrogen-bond acceptors (Lipinski definition) is 9. The number of aliphatic hydroxyl groups is 3. The van der Waals surface area contributed by atoms with Gasteiger partial charge in [0.05, 0.1) is 24.6 Å². The summed E-state index contributed by atoms with van der Waals surface area (Å²) in [5, 5.41) is 40.9. The second kappa shape index (κ2) is 12.0. The van der Waals surface area contributed by atoms with Crippen molar-refractivity contribution < 1.29 is 35.7 Å². The van der Waals surface area contributed by atoms with Crippen LogP contribution in [0, 0.1) is 0 Å². The maximum absolute atomic E-state index is 9.52. The van der Waals surface area contributed by atoms with E-state index in [1.165, 1.54) is 0 Å². The Bertz CT molecular complexity index is 396. The van der Waals surface area contributed by atoms with Crippen molar-refractivity contribution in [3.05, 3.63) is 0 Å². The Balaban J connectivity index is 0. The zero-order valence-electron chi connectivity index (χ0n) is 10.1. The van der Waals surface area contributed by atoms with Gasteiger partial charge in [-0.15, -0.1) is 0 Å². The second-order valence-corrected chi connectivity index (χ2v) is 4.07. The summed E-state index contributed by atoms with van der Waals surface area (Å²) in [6, 6.07) is 0. The zero-order chi connectivity index (χ0) is 14.8. The van der Waals surface area contributed by atoms with E-state index in [1.807, 2.05) is 0 Å². The normalized spacial score (nSPS) is 16.9. The topological polar surface area (TPSA) is 162 Å². The first-order chi connectivity index (χ1) is 8.86. The SMILES string of the molecule is N/C([S-])=N/N=C/C(C[C@H](O)[C@H](O)CO)=N/N=C(/N)[S-].[Pd+2]. The van der Waals surface area contributed by atoms with Crippen molar-refractivity contribution in [1.82, 2.24) is 0 Å². The molecule has 0 saturated carbocycles. The third kappa shape index (κ3) is 11.1. The molecular weight excluding hydrogens is 399 g/mol. The van der Waals surface area contributed by atoms with Gasteiger partial charge in [0.1, 0.15) is 6.10 Å². The zero-order valence-corrected chi connectivity index (χ0v) is 13.3. The molecule has 0 rings (SSSR count). The average Bonchev–Trinajstić information content (AvgIpc) is 2.33. The van der Waals surface area contributed by atoms with Crippen LogP contribution in [0.15, 0.2) is 20.4 Å². The molecule has 0 heterocycles. The molecule has 0 spiro atoms. The number of hydrogen-bond donors (Lipinski definition) is 5. The molecule has 7 N–H and O–H groups in total. The Morgan fingerprint density at radius 1 is 1.05 bits per heavy atom. The fraction of sp³-hybridized carbons (Fsp3) is 0.500. The summed E-state index contributed by atoms with van der Waals surface area (Å²) in [7, 11) is 0. The molecule has 0 fully saturated rings. The molecule has 2 atom stereocenters. The third-order valence-electron chi connectivity index (χ3n) is 1.69. The van der Waals surface area contributed by atoms with Crippen molar-refractivity contribution >= 4 is 47.5 Å². The van der Waals surface area contributed by atoms with Crippen LogP contribution in [-0.4, -0.2) is 56.4 Å². The summed E-state index contributed by atoms with van der Waals surface area (Å²) in [4.78, 5) is 0. The molecule has 12 heteroatoms. The second-order valence-electron chi connectivity index (χ2n) is 3.23. The number of nitrogens with two attached hydrogens (primary N) is 2. The van der Waals surface area contributed by atoms with Crippen LogP contribution < -0.4 is 11.5 Å². The van der Waals surface area contributed by atoms with Crippen LogP contribution in [0.2, 0.25) is 0 Å². The van der Waals surface area contributed by atoms with Crippen LogP contribution in [-0.2, 0) is 45.7 Å². The number of rotatable bonds is 7. The van der Waals surface area contributed by atoms with Gasteiger partial charge in [0, 0.05) is 6.42 Å². The predicted molar refractivity (Wildman–Crippen MR) is 77.6 cm³/mol. The van der Waals surface area contributed by atoms with Crippen molar-refractivity contribution in [3.8, 4) is 0 Å².